The van der Waals surface area contributed by atoms with Crippen molar-refractivity contribution in [2.24, 2.45) is 0 Å². The van der Waals surface area contributed by atoms with E-state index in [1.165, 1.54) is 0 Å². The number of anilines is 1. The summed E-state index contributed by atoms with van der Waals surface area (Å²) in [6.07, 6.45) is 0. The zero-order chi connectivity index (χ0) is 18.7. The summed E-state index contributed by atoms with van der Waals surface area (Å²) in [6, 6.07) is 17.5. The third-order valence-corrected chi connectivity index (χ3v) is 4.63. The predicted molar refractivity (Wildman–Crippen MR) is 105 cm³/mol. The predicted octanol–water partition coefficient (Wildman–Crippen LogP) is 1.94. The van der Waals surface area contributed by atoms with Crippen molar-refractivity contribution in [2.45, 2.75) is 19.0 Å². The van der Waals surface area contributed by atoms with Gasteiger partial charge in [0.25, 0.3) is 11.8 Å². The highest BCUT2D eigenvalue weighted by Crippen LogP contribution is 2.25. The van der Waals surface area contributed by atoms with Gasteiger partial charge in [0.15, 0.2) is 5.11 Å². The fourth-order valence-electron chi connectivity index (χ4n) is 2.89. The average molecular weight is 368 g/mol. The summed E-state index contributed by atoms with van der Waals surface area (Å²) < 4.78 is 0. The van der Waals surface area contributed by atoms with Crippen molar-refractivity contribution in [3.05, 3.63) is 66.2 Å². The monoisotopic (exact) mass is 368 g/mol. The first-order chi connectivity index (χ1) is 12.5. The number of carbonyl (C=O) groups is 2. The van der Waals surface area contributed by atoms with E-state index in [1.807, 2.05) is 55.4 Å². The van der Waals surface area contributed by atoms with Crippen molar-refractivity contribution in [1.29, 1.82) is 0 Å². The van der Waals surface area contributed by atoms with Crippen LogP contribution in [0.5, 0.6) is 0 Å². The summed E-state index contributed by atoms with van der Waals surface area (Å²) in [5.41, 5.74) is 1.29. The lowest BCUT2D eigenvalue weighted by atomic mass is 10.1. The van der Waals surface area contributed by atoms with Crippen molar-refractivity contribution >= 4 is 34.8 Å². The fourth-order valence-corrected chi connectivity index (χ4v) is 3.11. The molecular formula is C19H20N4O2S. The van der Waals surface area contributed by atoms with E-state index in [4.69, 9.17) is 12.2 Å². The van der Waals surface area contributed by atoms with Gasteiger partial charge in [0.1, 0.15) is 6.04 Å². The van der Waals surface area contributed by atoms with Crippen LogP contribution in [0.1, 0.15) is 17.3 Å². The number of para-hydroxylation sites is 1. The number of nitrogens with zero attached hydrogens (tertiary/aromatic N) is 2. The number of thiocarbonyl (C=S) groups is 1. The molecule has 6 nitrogen and oxygen atoms in total. The van der Waals surface area contributed by atoms with Gasteiger partial charge in [0, 0.05) is 12.6 Å². The molecule has 0 aromatic heterocycles. The van der Waals surface area contributed by atoms with E-state index in [1.54, 1.807) is 29.3 Å². The molecule has 0 bridgehead atoms. The summed E-state index contributed by atoms with van der Waals surface area (Å²) in [4.78, 5) is 25.1. The minimum absolute atomic E-state index is 0.123. The molecule has 0 radical (unpaired) electrons. The van der Waals surface area contributed by atoms with Gasteiger partial charge in [-0.15, -0.1) is 0 Å². The summed E-state index contributed by atoms with van der Waals surface area (Å²) in [7, 11) is 1.85. The van der Waals surface area contributed by atoms with Crippen LogP contribution in [0.15, 0.2) is 60.7 Å². The lowest BCUT2D eigenvalue weighted by Crippen LogP contribution is -2.50. The molecule has 3 rings (SSSR count). The molecule has 2 N–H and O–H groups in total. The van der Waals surface area contributed by atoms with Gasteiger partial charge in [-0.2, -0.15) is 0 Å². The van der Waals surface area contributed by atoms with Gasteiger partial charge in [-0.25, -0.2) is 10.0 Å². The van der Waals surface area contributed by atoms with E-state index >= 15 is 0 Å². The van der Waals surface area contributed by atoms with Crippen molar-refractivity contribution in [3.63, 3.8) is 0 Å². The van der Waals surface area contributed by atoms with Crippen LogP contribution in [0.25, 0.3) is 0 Å². The number of hydrogen-bond acceptors (Lipinski definition) is 4. The number of hydrogen-bond donors (Lipinski definition) is 2. The Morgan fingerprint density at radius 2 is 1.62 bits per heavy atom. The van der Waals surface area contributed by atoms with Crippen molar-refractivity contribution in [1.82, 2.24) is 15.6 Å². The summed E-state index contributed by atoms with van der Waals surface area (Å²) in [5, 5.41) is 9.21. The smallest absolute Gasteiger partial charge is 0.265 e. The standard InChI is InChI=1S/C19H20N4O2S/c1-13-16(18(25)23(22(13)2)15-11-7-4-8-12-15)20-19(26)21-17(24)14-9-5-3-6-10-14/h3-13,16H,1-2H3,(H2,20,21,24,26)/t13-,16+/m0/s1. The normalized spacial score (nSPS) is 20.1. The number of benzene rings is 2. The highest BCUT2D eigenvalue weighted by atomic mass is 32.1. The van der Waals surface area contributed by atoms with Crippen LogP contribution in [0.4, 0.5) is 5.69 Å². The topological polar surface area (TPSA) is 64.7 Å². The quantitative estimate of drug-likeness (QED) is 0.811. The maximum absolute atomic E-state index is 12.9. The molecule has 0 unspecified atom stereocenters. The molecule has 1 fully saturated rings. The molecule has 2 aromatic rings. The molecule has 2 atom stereocenters. The molecule has 2 amide bonds. The Balaban J connectivity index is 1.68. The Morgan fingerprint density at radius 3 is 2.23 bits per heavy atom. The zero-order valence-corrected chi connectivity index (χ0v) is 15.4. The van der Waals surface area contributed by atoms with Crippen molar-refractivity contribution in [3.8, 4) is 0 Å². The Kier molecular flexibility index (Phi) is 5.29. The molecule has 7 heteroatoms. The Bertz CT molecular complexity index is 813. The van der Waals surface area contributed by atoms with Crippen LogP contribution in [0.3, 0.4) is 0 Å². The van der Waals surface area contributed by atoms with Crippen LogP contribution >= 0.6 is 12.2 Å². The summed E-state index contributed by atoms with van der Waals surface area (Å²) in [6.45, 7) is 1.93. The van der Waals surface area contributed by atoms with E-state index in [-0.39, 0.29) is 23.0 Å². The molecule has 134 valence electrons. The number of carbonyl (C=O) groups excluding carboxylic acids is 2. The SMILES string of the molecule is C[C@H]1[C@@H](NC(=S)NC(=O)c2ccccc2)C(=O)N(c2ccccc2)N1C. The fraction of sp³-hybridized carbons (Fsp3) is 0.211. The number of nitrogens with one attached hydrogen (secondary N) is 2. The number of likely N-dealkylation sites (N-methyl/N-ethyl adjacent to an activating group) is 1. The lowest BCUT2D eigenvalue weighted by Gasteiger charge is -2.26. The van der Waals surface area contributed by atoms with Crippen LogP contribution in [0.2, 0.25) is 0 Å². The van der Waals surface area contributed by atoms with Gasteiger partial charge >= 0.3 is 0 Å². The zero-order valence-electron chi connectivity index (χ0n) is 14.5. The van der Waals surface area contributed by atoms with Gasteiger partial charge in [-0.1, -0.05) is 36.4 Å². The molecule has 0 saturated carbocycles. The molecule has 0 aliphatic carbocycles. The minimum atomic E-state index is -0.552. The van der Waals surface area contributed by atoms with Gasteiger partial charge < -0.3 is 5.32 Å². The van der Waals surface area contributed by atoms with Gasteiger partial charge in [-0.05, 0) is 43.4 Å². The van der Waals surface area contributed by atoms with Gasteiger partial charge in [-0.3, -0.25) is 14.9 Å². The van der Waals surface area contributed by atoms with E-state index in [0.29, 0.717) is 5.56 Å². The second kappa shape index (κ2) is 7.63. The average Bonchev–Trinajstić information content (AvgIpc) is 2.86. The largest absolute Gasteiger partial charge is 0.349 e. The first-order valence-electron chi connectivity index (χ1n) is 8.27. The molecule has 26 heavy (non-hydrogen) atoms. The van der Waals surface area contributed by atoms with Crippen molar-refractivity contribution < 1.29 is 9.59 Å². The molecule has 1 aliphatic heterocycles. The summed E-state index contributed by atoms with van der Waals surface area (Å²) in [5.74, 6) is -0.433. The maximum Gasteiger partial charge on any atom is 0.265 e. The van der Waals surface area contributed by atoms with E-state index in [9.17, 15) is 9.59 Å². The second-order valence-corrected chi connectivity index (χ2v) is 6.48. The van der Waals surface area contributed by atoms with E-state index in [2.05, 4.69) is 10.6 Å². The number of amides is 2. The maximum atomic E-state index is 12.9. The van der Waals surface area contributed by atoms with Crippen LogP contribution < -0.4 is 15.6 Å². The Hall–Kier alpha value is -2.77. The first kappa shape index (κ1) is 18.0. The number of rotatable bonds is 3. The third-order valence-electron chi connectivity index (χ3n) is 4.41. The Morgan fingerprint density at radius 1 is 1.04 bits per heavy atom. The molecule has 1 heterocycles. The van der Waals surface area contributed by atoms with Crippen LogP contribution in [0, 0.1) is 0 Å². The van der Waals surface area contributed by atoms with Crippen LogP contribution in [-0.4, -0.2) is 41.1 Å². The molecule has 1 saturated heterocycles. The molecule has 0 spiro atoms. The second-order valence-electron chi connectivity index (χ2n) is 6.07. The lowest BCUT2D eigenvalue weighted by molar-refractivity contribution is -0.119. The molecular weight excluding hydrogens is 348 g/mol. The Labute approximate surface area is 157 Å². The van der Waals surface area contributed by atoms with Crippen LogP contribution in [-0.2, 0) is 4.79 Å². The number of hydrazine groups is 1. The minimum Gasteiger partial charge on any atom is -0.349 e. The van der Waals surface area contributed by atoms with E-state index < -0.39 is 6.04 Å². The first-order valence-corrected chi connectivity index (χ1v) is 8.68. The third kappa shape index (κ3) is 3.58. The van der Waals surface area contributed by atoms with E-state index in [0.717, 1.165) is 5.69 Å². The summed E-state index contributed by atoms with van der Waals surface area (Å²) >= 11 is 5.23. The van der Waals surface area contributed by atoms with Crippen molar-refractivity contribution in [2.75, 3.05) is 12.1 Å². The van der Waals surface area contributed by atoms with Gasteiger partial charge in [0.05, 0.1) is 11.7 Å². The highest BCUT2D eigenvalue weighted by molar-refractivity contribution is 7.80. The molecule has 1 aliphatic rings. The van der Waals surface area contributed by atoms with Gasteiger partial charge in [0.2, 0.25) is 0 Å². The molecule has 2 aromatic carbocycles. The highest BCUT2D eigenvalue weighted by Gasteiger charge is 2.43.